The number of nitrogens with zero attached hydrogens (tertiary/aromatic N) is 1. The van der Waals surface area contributed by atoms with Crippen LogP contribution < -0.4 is 0 Å². The lowest BCUT2D eigenvalue weighted by Crippen LogP contribution is -2.41. The second-order valence-corrected chi connectivity index (χ2v) is 4.04. The van der Waals surface area contributed by atoms with E-state index in [9.17, 15) is 9.90 Å². The van der Waals surface area contributed by atoms with Crippen LogP contribution in [0.25, 0.3) is 0 Å². The summed E-state index contributed by atoms with van der Waals surface area (Å²) < 4.78 is 5.00. The van der Waals surface area contributed by atoms with Crippen molar-refractivity contribution >= 4 is 6.09 Å². The number of benzene rings is 1. The van der Waals surface area contributed by atoms with Crippen molar-refractivity contribution in [1.29, 1.82) is 0 Å². The lowest BCUT2D eigenvalue weighted by atomic mass is 9.93. The number of carbonyl (C=O) groups is 1. The Bertz CT molecular complexity index is 405. The Hall–Kier alpha value is -1.55. The van der Waals surface area contributed by atoms with Crippen molar-refractivity contribution < 1.29 is 14.6 Å². The number of carbonyl (C=O) groups excluding carboxylic acids is 1. The first-order chi connectivity index (χ1) is 8.27. The van der Waals surface area contributed by atoms with E-state index in [1.807, 2.05) is 24.3 Å². The monoisotopic (exact) mass is 235 g/mol. The predicted molar refractivity (Wildman–Crippen MR) is 63.7 cm³/mol. The smallest absolute Gasteiger partial charge is 0.410 e. The van der Waals surface area contributed by atoms with Crippen molar-refractivity contribution in [3.63, 3.8) is 0 Å². The molecule has 2 rings (SSSR count). The fraction of sp³-hybridized carbons (Fsp3) is 0.462. The normalized spacial score (nSPS) is 18.7. The standard InChI is InChI=1S/C13H17NO3/c1-2-17-13(16)14-8-7-10-5-3-4-6-11(10)12(14)9-15/h3-6,12,15H,2,7-9H2,1H3/t12-/m1/s1. The van der Waals surface area contributed by atoms with E-state index in [2.05, 4.69) is 0 Å². The number of aliphatic hydroxyl groups excluding tert-OH is 1. The highest BCUT2D eigenvalue weighted by Crippen LogP contribution is 2.29. The van der Waals surface area contributed by atoms with Gasteiger partial charge in [0, 0.05) is 6.54 Å². The molecule has 4 nitrogen and oxygen atoms in total. The van der Waals surface area contributed by atoms with Gasteiger partial charge in [-0.3, -0.25) is 4.90 Å². The second-order valence-electron chi connectivity index (χ2n) is 4.04. The van der Waals surface area contributed by atoms with Gasteiger partial charge in [-0.15, -0.1) is 0 Å². The van der Waals surface area contributed by atoms with Crippen molar-refractivity contribution in [2.45, 2.75) is 19.4 Å². The maximum atomic E-state index is 11.8. The van der Waals surface area contributed by atoms with Crippen molar-refractivity contribution in [3.8, 4) is 0 Å². The van der Waals surface area contributed by atoms with Gasteiger partial charge < -0.3 is 9.84 Å². The molecule has 0 saturated heterocycles. The van der Waals surface area contributed by atoms with Gasteiger partial charge in [0.05, 0.1) is 19.3 Å². The van der Waals surface area contributed by atoms with Crippen LogP contribution in [0.1, 0.15) is 24.1 Å². The number of rotatable bonds is 2. The molecule has 17 heavy (non-hydrogen) atoms. The highest BCUT2D eigenvalue weighted by atomic mass is 16.6. The van der Waals surface area contributed by atoms with Crippen LogP contribution in [-0.2, 0) is 11.2 Å². The van der Waals surface area contributed by atoms with Crippen molar-refractivity contribution in [1.82, 2.24) is 4.90 Å². The second kappa shape index (κ2) is 5.19. The third-order valence-electron chi connectivity index (χ3n) is 3.09. The number of hydrogen-bond donors (Lipinski definition) is 1. The van der Waals surface area contributed by atoms with Crippen LogP contribution in [0.4, 0.5) is 4.79 Å². The number of hydrogen-bond acceptors (Lipinski definition) is 3. The lowest BCUT2D eigenvalue weighted by Gasteiger charge is -2.35. The lowest BCUT2D eigenvalue weighted by molar-refractivity contribution is 0.0679. The first kappa shape index (κ1) is 11.9. The summed E-state index contributed by atoms with van der Waals surface area (Å²) in [6, 6.07) is 7.63. The quantitative estimate of drug-likeness (QED) is 0.849. The zero-order valence-corrected chi connectivity index (χ0v) is 9.93. The summed E-state index contributed by atoms with van der Waals surface area (Å²) in [4.78, 5) is 13.4. The molecule has 1 N–H and O–H groups in total. The highest BCUT2D eigenvalue weighted by Gasteiger charge is 2.30. The zero-order valence-electron chi connectivity index (χ0n) is 9.93. The van der Waals surface area contributed by atoms with Crippen LogP contribution >= 0.6 is 0 Å². The molecular formula is C13H17NO3. The summed E-state index contributed by atoms with van der Waals surface area (Å²) in [5.41, 5.74) is 2.22. The molecule has 92 valence electrons. The Kier molecular flexibility index (Phi) is 3.64. The van der Waals surface area contributed by atoms with E-state index >= 15 is 0 Å². The van der Waals surface area contributed by atoms with Gasteiger partial charge in [-0.25, -0.2) is 4.79 Å². The molecular weight excluding hydrogens is 218 g/mol. The highest BCUT2D eigenvalue weighted by molar-refractivity contribution is 5.69. The van der Waals surface area contributed by atoms with E-state index in [1.165, 1.54) is 5.56 Å². The number of ether oxygens (including phenoxy) is 1. The van der Waals surface area contributed by atoms with Gasteiger partial charge in [0.2, 0.25) is 0 Å². The maximum Gasteiger partial charge on any atom is 0.410 e. The molecule has 0 aromatic heterocycles. The molecule has 1 heterocycles. The number of fused-ring (bicyclic) bond motifs is 1. The van der Waals surface area contributed by atoms with E-state index in [4.69, 9.17) is 4.74 Å². The molecule has 1 atom stereocenters. The Morgan fingerprint density at radius 1 is 1.53 bits per heavy atom. The summed E-state index contributed by atoms with van der Waals surface area (Å²) in [6.07, 6.45) is 0.465. The molecule has 4 heteroatoms. The largest absolute Gasteiger partial charge is 0.450 e. The minimum Gasteiger partial charge on any atom is -0.450 e. The molecule has 1 amide bonds. The van der Waals surface area contributed by atoms with Crippen LogP contribution in [0.3, 0.4) is 0 Å². The Morgan fingerprint density at radius 2 is 2.29 bits per heavy atom. The predicted octanol–water partition coefficient (Wildman–Crippen LogP) is 1.73. The Balaban J connectivity index is 2.26. The minimum absolute atomic E-state index is 0.0736. The van der Waals surface area contributed by atoms with Crippen LogP contribution in [0.15, 0.2) is 24.3 Å². The fourth-order valence-corrected chi connectivity index (χ4v) is 2.27. The molecule has 0 spiro atoms. The molecule has 1 aliphatic rings. The fourth-order valence-electron chi connectivity index (χ4n) is 2.27. The summed E-state index contributed by atoms with van der Waals surface area (Å²) >= 11 is 0. The van der Waals surface area contributed by atoms with Gasteiger partial charge in [0.25, 0.3) is 0 Å². The minimum atomic E-state index is -0.346. The van der Waals surface area contributed by atoms with E-state index in [-0.39, 0.29) is 18.7 Å². The van der Waals surface area contributed by atoms with Gasteiger partial charge in [-0.2, -0.15) is 0 Å². The third kappa shape index (κ3) is 2.26. The average Bonchev–Trinajstić information content (AvgIpc) is 2.37. The summed E-state index contributed by atoms with van der Waals surface area (Å²) in [7, 11) is 0. The van der Waals surface area contributed by atoms with Gasteiger partial charge >= 0.3 is 6.09 Å². The SMILES string of the molecule is CCOC(=O)N1CCc2ccccc2[C@H]1CO. The summed E-state index contributed by atoms with van der Waals surface area (Å²) in [5.74, 6) is 0. The molecule has 1 aromatic carbocycles. The van der Waals surface area contributed by atoms with Gasteiger partial charge in [0.15, 0.2) is 0 Å². The average molecular weight is 235 g/mol. The molecule has 0 radical (unpaired) electrons. The first-order valence-electron chi connectivity index (χ1n) is 5.90. The van der Waals surface area contributed by atoms with Gasteiger partial charge in [0.1, 0.15) is 0 Å². The van der Waals surface area contributed by atoms with Crippen LogP contribution in [-0.4, -0.2) is 35.9 Å². The van der Waals surface area contributed by atoms with Gasteiger partial charge in [-0.05, 0) is 24.5 Å². The van der Waals surface area contributed by atoms with E-state index in [1.54, 1.807) is 11.8 Å². The van der Waals surface area contributed by atoms with Crippen LogP contribution in [0.5, 0.6) is 0 Å². The molecule has 0 bridgehead atoms. The van der Waals surface area contributed by atoms with Crippen molar-refractivity contribution in [3.05, 3.63) is 35.4 Å². The van der Waals surface area contributed by atoms with Crippen LogP contribution in [0, 0.1) is 0 Å². The molecule has 0 saturated carbocycles. The molecule has 0 fully saturated rings. The van der Waals surface area contributed by atoms with E-state index in [0.29, 0.717) is 13.2 Å². The molecule has 0 aliphatic carbocycles. The van der Waals surface area contributed by atoms with E-state index < -0.39 is 0 Å². The molecule has 1 aliphatic heterocycles. The Morgan fingerprint density at radius 3 is 3.00 bits per heavy atom. The zero-order chi connectivity index (χ0) is 12.3. The first-order valence-corrected chi connectivity index (χ1v) is 5.90. The summed E-state index contributed by atoms with van der Waals surface area (Å²) in [5, 5.41) is 9.48. The maximum absolute atomic E-state index is 11.8. The van der Waals surface area contributed by atoms with Crippen molar-refractivity contribution in [2.75, 3.05) is 19.8 Å². The van der Waals surface area contributed by atoms with E-state index in [0.717, 1.165) is 12.0 Å². The Labute approximate surface area is 101 Å². The molecule has 1 aromatic rings. The molecule has 0 unspecified atom stereocenters. The number of aliphatic hydroxyl groups is 1. The summed E-state index contributed by atoms with van der Waals surface area (Å²) in [6.45, 7) is 2.66. The topological polar surface area (TPSA) is 49.8 Å². The number of amides is 1. The van der Waals surface area contributed by atoms with Crippen LogP contribution in [0.2, 0.25) is 0 Å². The van der Waals surface area contributed by atoms with Gasteiger partial charge in [-0.1, -0.05) is 24.3 Å². The third-order valence-corrected chi connectivity index (χ3v) is 3.09. The van der Waals surface area contributed by atoms with Crippen molar-refractivity contribution in [2.24, 2.45) is 0 Å².